The second-order valence-corrected chi connectivity index (χ2v) is 6.96. The Bertz CT molecular complexity index is 943. The zero-order valence-corrected chi connectivity index (χ0v) is 17.4. The van der Waals surface area contributed by atoms with Crippen molar-refractivity contribution < 1.29 is 18.7 Å². The van der Waals surface area contributed by atoms with E-state index in [9.17, 15) is 9.18 Å². The monoisotopic (exact) mass is 414 g/mol. The lowest BCUT2D eigenvalue weighted by atomic mass is 9.92. The summed E-state index contributed by atoms with van der Waals surface area (Å²) in [6, 6.07) is 13.0. The van der Waals surface area contributed by atoms with E-state index in [-0.39, 0.29) is 5.82 Å². The fraction of sp³-hybridized carbons (Fsp3) is 0.273. The van der Waals surface area contributed by atoms with Gasteiger partial charge in [-0.3, -0.25) is 4.90 Å². The summed E-state index contributed by atoms with van der Waals surface area (Å²) >= 11 is 5.65. The number of halogens is 1. The molecular formula is C22H23FN2O3S. The van der Waals surface area contributed by atoms with E-state index < -0.39 is 12.0 Å². The third kappa shape index (κ3) is 4.24. The molecule has 0 bridgehead atoms. The number of methoxy groups -OCH3 is 2. The van der Waals surface area contributed by atoms with Gasteiger partial charge in [-0.05, 0) is 60.6 Å². The largest absolute Gasteiger partial charge is 0.497 e. The van der Waals surface area contributed by atoms with Crippen LogP contribution in [-0.4, -0.2) is 25.3 Å². The van der Waals surface area contributed by atoms with Gasteiger partial charge < -0.3 is 14.8 Å². The van der Waals surface area contributed by atoms with Gasteiger partial charge in [0.2, 0.25) is 0 Å². The first-order valence-electron chi connectivity index (χ1n) is 9.31. The van der Waals surface area contributed by atoms with Crippen LogP contribution in [0.5, 0.6) is 5.75 Å². The summed E-state index contributed by atoms with van der Waals surface area (Å²) in [5.74, 6) is -0.137. The van der Waals surface area contributed by atoms with Gasteiger partial charge in [0.25, 0.3) is 0 Å². The molecule has 3 rings (SSSR count). The average molecular weight is 415 g/mol. The third-order valence-electron chi connectivity index (χ3n) is 4.75. The molecule has 2 aromatic carbocycles. The molecule has 1 N–H and O–H groups in total. The molecule has 0 saturated heterocycles. The number of hydrogen-bond donors (Lipinski definition) is 1. The number of allylic oxidation sites excluding steroid dienone is 1. The summed E-state index contributed by atoms with van der Waals surface area (Å²) in [6.45, 7) is 2.02. The highest BCUT2D eigenvalue weighted by Crippen LogP contribution is 2.36. The zero-order chi connectivity index (χ0) is 21.0. The van der Waals surface area contributed by atoms with Gasteiger partial charge in [-0.25, -0.2) is 9.18 Å². The van der Waals surface area contributed by atoms with Gasteiger partial charge in [-0.15, -0.1) is 0 Å². The second kappa shape index (κ2) is 9.05. The van der Waals surface area contributed by atoms with Crippen molar-refractivity contribution in [2.24, 2.45) is 0 Å². The number of anilines is 1. The van der Waals surface area contributed by atoms with Crippen molar-refractivity contribution in [3.05, 3.63) is 71.2 Å². The van der Waals surface area contributed by atoms with Crippen LogP contribution in [0.15, 0.2) is 59.8 Å². The quantitative estimate of drug-likeness (QED) is 0.555. The van der Waals surface area contributed by atoms with Crippen LogP contribution in [0.1, 0.15) is 31.4 Å². The number of nitrogens with one attached hydrogen (secondary N) is 1. The molecule has 0 spiro atoms. The van der Waals surface area contributed by atoms with Crippen LogP contribution in [0.3, 0.4) is 0 Å². The molecular weight excluding hydrogens is 391 g/mol. The molecule has 1 heterocycles. The topological polar surface area (TPSA) is 50.8 Å². The predicted molar refractivity (Wildman–Crippen MR) is 114 cm³/mol. The fourth-order valence-electron chi connectivity index (χ4n) is 3.44. The number of rotatable bonds is 6. The zero-order valence-electron chi connectivity index (χ0n) is 16.6. The van der Waals surface area contributed by atoms with E-state index in [1.807, 2.05) is 36.1 Å². The minimum atomic E-state index is -0.596. The van der Waals surface area contributed by atoms with Crippen molar-refractivity contribution in [3.8, 4) is 5.75 Å². The van der Waals surface area contributed by atoms with E-state index in [1.165, 1.54) is 19.2 Å². The van der Waals surface area contributed by atoms with Crippen molar-refractivity contribution in [2.45, 2.75) is 25.8 Å². The Balaban J connectivity index is 2.18. The van der Waals surface area contributed by atoms with E-state index in [0.717, 1.165) is 23.6 Å². The lowest BCUT2D eigenvalue weighted by Crippen LogP contribution is -2.48. The highest BCUT2D eigenvalue weighted by atomic mass is 32.1. The standard InChI is InChI=1S/C22H23FN2O3S/c1-4-6-18-19(21(26)28-3)20(14-7-5-8-15(23)13-14)24-22(29)25(18)16-9-11-17(27-2)12-10-16/h5,7-13,20H,4,6H2,1-3H3,(H,24,29)/t20-/m0/s1. The van der Waals surface area contributed by atoms with Gasteiger partial charge in [0, 0.05) is 11.4 Å². The van der Waals surface area contributed by atoms with Gasteiger partial charge in [0.15, 0.2) is 5.11 Å². The average Bonchev–Trinajstić information content (AvgIpc) is 2.73. The molecule has 5 nitrogen and oxygen atoms in total. The molecule has 29 heavy (non-hydrogen) atoms. The molecule has 7 heteroatoms. The molecule has 1 atom stereocenters. The number of nitrogens with zero attached hydrogens (tertiary/aromatic N) is 1. The maximum atomic E-state index is 13.9. The van der Waals surface area contributed by atoms with Crippen molar-refractivity contribution in [1.82, 2.24) is 5.32 Å². The summed E-state index contributed by atoms with van der Waals surface area (Å²) in [4.78, 5) is 14.6. The van der Waals surface area contributed by atoms with Crippen molar-refractivity contribution in [2.75, 3.05) is 19.1 Å². The first-order valence-corrected chi connectivity index (χ1v) is 9.72. The third-order valence-corrected chi connectivity index (χ3v) is 5.05. The van der Waals surface area contributed by atoms with Gasteiger partial charge >= 0.3 is 5.97 Å². The van der Waals surface area contributed by atoms with Crippen LogP contribution in [0, 0.1) is 5.82 Å². The van der Waals surface area contributed by atoms with Crippen molar-refractivity contribution in [1.29, 1.82) is 0 Å². The minimum absolute atomic E-state index is 0.381. The summed E-state index contributed by atoms with van der Waals surface area (Å²) in [5, 5.41) is 3.62. The van der Waals surface area contributed by atoms with Crippen LogP contribution in [-0.2, 0) is 9.53 Å². The lowest BCUT2D eigenvalue weighted by Gasteiger charge is -2.38. The van der Waals surface area contributed by atoms with Gasteiger partial charge in [-0.1, -0.05) is 25.5 Å². The van der Waals surface area contributed by atoms with Crippen LogP contribution >= 0.6 is 12.2 Å². The Labute approximate surface area is 175 Å². The summed E-state index contributed by atoms with van der Waals surface area (Å²) in [5.41, 5.74) is 2.56. The molecule has 152 valence electrons. The Morgan fingerprint density at radius 2 is 1.93 bits per heavy atom. The van der Waals surface area contributed by atoms with Crippen molar-refractivity contribution in [3.63, 3.8) is 0 Å². The first kappa shape index (κ1) is 20.8. The Morgan fingerprint density at radius 3 is 2.52 bits per heavy atom. The van der Waals surface area contributed by atoms with E-state index in [1.54, 1.807) is 19.2 Å². The second-order valence-electron chi connectivity index (χ2n) is 6.57. The predicted octanol–water partition coefficient (Wildman–Crippen LogP) is 4.50. The maximum Gasteiger partial charge on any atom is 0.337 e. The Kier molecular flexibility index (Phi) is 6.49. The molecule has 1 aliphatic heterocycles. The molecule has 0 amide bonds. The molecule has 0 aromatic heterocycles. The lowest BCUT2D eigenvalue weighted by molar-refractivity contribution is -0.136. The fourth-order valence-corrected chi connectivity index (χ4v) is 3.77. The van der Waals surface area contributed by atoms with E-state index in [0.29, 0.717) is 22.7 Å². The Hall–Kier alpha value is -2.93. The molecule has 0 radical (unpaired) electrons. The van der Waals surface area contributed by atoms with Gasteiger partial charge in [0.05, 0.1) is 25.8 Å². The van der Waals surface area contributed by atoms with Crippen LogP contribution in [0.2, 0.25) is 0 Å². The maximum absolute atomic E-state index is 13.9. The molecule has 2 aromatic rings. The van der Waals surface area contributed by atoms with Crippen LogP contribution < -0.4 is 15.0 Å². The number of hydrogen-bond acceptors (Lipinski definition) is 4. The van der Waals surface area contributed by atoms with E-state index >= 15 is 0 Å². The van der Waals surface area contributed by atoms with Crippen LogP contribution in [0.25, 0.3) is 0 Å². The number of carbonyl (C=O) groups is 1. The molecule has 0 unspecified atom stereocenters. The van der Waals surface area contributed by atoms with Crippen LogP contribution in [0.4, 0.5) is 10.1 Å². The summed E-state index contributed by atoms with van der Waals surface area (Å²) < 4.78 is 24.2. The molecule has 0 saturated carbocycles. The molecule has 0 aliphatic carbocycles. The smallest absolute Gasteiger partial charge is 0.337 e. The van der Waals surface area contributed by atoms with Gasteiger partial charge in [0.1, 0.15) is 11.6 Å². The number of ether oxygens (including phenoxy) is 2. The normalized spacial score (nSPS) is 16.5. The number of esters is 1. The Morgan fingerprint density at radius 1 is 1.21 bits per heavy atom. The first-order chi connectivity index (χ1) is 14.0. The minimum Gasteiger partial charge on any atom is -0.497 e. The SMILES string of the molecule is CCCC1=C(C(=O)OC)[C@H](c2cccc(F)c2)NC(=S)N1c1ccc(OC)cc1. The summed E-state index contributed by atoms with van der Waals surface area (Å²) in [6.07, 6.45) is 1.39. The van der Waals surface area contributed by atoms with E-state index in [2.05, 4.69) is 5.32 Å². The number of thiocarbonyl (C=S) groups is 1. The van der Waals surface area contributed by atoms with E-state index in [4.69, 9.17) is 21.7 Å². The highest BCUT2D eigenvalue weighted by Gasteiger charge is 2.36. The highest BCUT2D eigenvalue weighted by molar-refractivity contribution is 7.80. The van der Waals surface area contributed by atoms with Gasteiger partial charge in [-0.2, -0.15) is 0 Å². The molecule has 0 fully saturated rings. The molecule has 1 aliphatic rings. The number of benzene rings is 2. The summed E-state index contributed by atoms with van der Waals surface area (Å²) in [7, 11) is 2.94. The van der Waals surface area contributed by atoms with Crippen molar-refractivity contribution >= 4 is 29.0 Å². The number of carbonyl (C=O) groups excluding carboxylic acids is 1.